The summed E-state index contributed by atoms with van der Waals surface area (Å²) in [7, 11) is 1.60. The van der Waals surface area contributed by atoms with Crippen LogP contribution in [-0.4, -0.2) is 57.8 Å². The van der Waals surface area contributed by atoms with Gasteiger partial charge in [0.2, 0.25) is 11.9 Å². The van der Waals surface area contributed by atoms with Gasteiger partial charge in [-0.25, -0.2) is 14.5 Å². The van der Waals surface area contributed by atoms with Crippen LogP contribution in [0.15, 0.2) is 53.5 Å². The number of rotatable bonds is 9. The Morgan fingerprint density at radius 3 is 2.47 bits per heavy atom. The largest absolute Gasteiger partial charge is 0.497 e. The third-order valence-electron chi connectivity index (χ3n) is 5.92. The molecule has 3 aromatic rings. The van der Waals surface area contributed by atoms with E-state index in [0.717, 1.165) is 5.56 Å². The van der Waals surface area contributed by atoms with Crippen molar-refractivity contribution in [2.45, 2.75) is 32.7 Å². The van der Waals surface area contributed by atoms with Crippen molar-refractivity contribution >= 4 is 29.2 Å². The standard InChI is InChI=1S/C26H29N5O5/c1-4-36-25(34)18-7-11-19(12-8-18)28-24(33)22-16(2)27-26-29-21(6-5-15-32)30-31(26)23(22)17-9-13-20(35-3)14-10-17/h7-14,22-23,32H,4-6,15H2,1-3H3,(H,28,33). The van der Waals surface area contributed by atoms with Crippen molar-refractivity contribution in [1.29, 1.82) is 0 Å². The predicted octanol–water partition coefficient (Wildman–Crippen LogP) is 3.34. The normalized spacial score (nSPS) is 16.6. The number of amides is 1. The number of aliphatic hydroxyl groups is 1. The molecule has 36 heavy (non-hydrogen) atoms. The number of aliphatic hydroxyl groups excluding tert-OH is 1. The molecule has 10 heteroatoms. The summed E-state index contributed by atoms with van der Waals surface area (Å²) in [5.74, 6) is 0.335. The predicted molar refractivity (Wildman–Crippen MR) is 134 cm³/mol. The average Bonchev–Trinajstić information content (AvgIpc) is 3.29. The van der Waals surface area contributed by atoms with E-state index in [1.54, 1.807) is 49.9 Å². The molecule has 10 nitrogen and oxygen atoms in total. The molecule has 2 N–H and O–H groups in total. The molecule has 2 atom stereocenters. The van der Waals surface area contributed by atoms with Crippen LogP contribution in [0, 0.1) is 5.92 Å². The second-order valence-electron chi connectivity index (χ2n) is 8.34. The fraction of sp³-hybridized carbons (Fsp3) is 0.346. The van der Waals surface area contributed by atoms with Crippen LogP contribution in [0.2, 0.25) is 0 Å². The second kappa shape index (κ2) is 11.1. The SMILES string of the molecule is CCOC(=O)c1ccc(NC(=O)C2C(C)=Nc3nc(CCCO)nn3C2c2ccc(OC)cc2)cc1. The number of ether oxygens (including phenoxy) is 2. The number of nitrogens with one attached hydrogen (secondary N) is 1. The molecule has 2 aromatic carbocycles. The van der Waals surface area contributed by atoms with Crippen LogP contribution in [-0.2, 0) is 16.0 Å². The zero-order chi connectivity index (χ0) is 25.7. The van der Waals surface area contributed by atoms with Crippen LogP contribution in [0.25, 0.3) is 0 Å². The van der Waals surface area contributed by atoms with E-state index in [-0.39, 0.29) is 19.1 Å². The molecule has 0 spiro atoms. The molecule has 4 rings (SSSR count). The van der Waals surface area contributed by atoms with E-state index >= 15 is 0 Å². The van der Waals surface area contributed by atoms with Gasteiger partial charge in [-0.2, -0.15) is 10.1 Å². The van der Waals surface area contributed by atoms with Gasteiger partial charge in [0.15, 0.2) is 5.82 Å². The Balaban J connectivity index is 1.65. The first-order valence-electron chi connectivity index (χ1n) is 11.8. The number of hydrogen-bond acceptors (Lipinski definition) is 8. The Morgan fingerprint density at radius 1 is 1.11 bits per heavy atom. The lowest BCUT2D eigenvalue weighted by molar-refractivity contribution is -0.118. The first-order chi connectivity index (χ1) is 17.4. The second-order valence-corrected chi connectivity index (χ2v) is 8.34. The van der Waals surface area contributed by atoms with E-state index in [2.05, 4.69) is 20.4 Å². The summed E-state index contributed by atoms with van der Waals surface area (Å²) in [6, 6.07) is 13.5. The third kappa shape index (κ3) is 5.28. The number of carbonyl (C=O) groups is 2. The van der Waals surface area contributed by atoms with Crippen molar-refractivity contribution in [3.63, 3.8) is 0 Å². The number of anilines is 1. The van der Waals surface area contributed by atoms with Gasteiger partial charge in [0.1, 0.15) is 11.7 Å². The summed E-state index contributed by atoms with van der Waals surface area (Å²) in [5.41, 5.74) is 2.40. The Bertz CT molecular complexity index is 1250. The Morgan fingerprint density at radius 2 is 1.83 bits per heavy atom. The zero-order valence-electron chi connectivity index (χ0n) is 20.5. The number of methoxy groups -OCH3 is 1. The van der Waals surface area contributed by atoms with Crippen LogP contribution in [0.1, 0.15) is 48.1 Å². The number of nitrogens with zero attached hydrogens (tertiary/aromatic N) is 4. The van der Waals surface area contributed by atoms with Gasteiger partial charge in [-0.1, -0.05) is 12.1 Å². The maximum atomic E-state index is 13.6. The lowest BCUT2D eigenvalue weighted by atomic mass is 9.87. The van der Waals surface area contributed by atoms with Gasteiger partial charge in [-0.05, 0) is 62.2 Å². The number of aryl methyl sites for hydroxylation is 1. The van der Waals surface area contributed by atoms with Gasteiger partial charge in [0.25, 0.3) is 0 Å². The molecule has 0 saturated heterocycles. The average molecular weight is 492 g/mol. The number of fused-ring (bicyclic) bond motifs is 1. The number of hydrogen-bond donors (Lipinski definition) is 2. The third-order valence-corrected chi connectivity index (χ3v) is 5.92. The maximum absolute atomic E-state index is 13.6. The molecule has 1 amide bonds. The number of benzene rings is 2. The molecule has 0 radical (unpaired) electrons. The zero-order valence-corrected chi connectivity index (χ0v) is 20.5. The van der Waals surface area contributed by atoms with E-state index in [9.17, 15) is 14.7 Å². The lowest BCUT2D eigenvalue weighted by Gasteiger charge is -2.30. The first-order valence-corrected chi connectivity index (χ1v) is 11.8. The van der Waals surface area contributed by atoms with E-state index in [4.69, 9.17) is 9.47 Å². The molecule has 0 aliphatic carbocycles. The molecule has 2 heterocycles. The van der Waals surface area contributed by atoms with Crippen LogP contribution >= 0.6 is 0 Å². The summed E-state index contributed by atoms with van der Waals surface area (Å²) in [6.45, 7) is 3.87. The van der Waals surface area contributed by atoms with E-state index < -0.39 is 17.9 Å². The summed E-state index contributed by atoms with van der Waals surface area (Å²) in [6.07, 6.45) is 1.04. The van der Waals surface area contributed by atoms with Gasteiger partial charge in [-0.3, -0.25) is 4.79 Å². The summed E-state index contributed by atoms with van der Waals surface area (Å²) < 4.78 is 12.0. The minimum absolute atomic E-state index is 0.0358. The van der Waals surface area contributed by atoms with Crippen molar-refractivity contribution in [3.05, 3.63) is 65.5 Å². The van der Waals surface area contributed by atoms with Crippen molar-refractivity contribution in [2.24, 2.45) is 10.9 Å². The van der Waals surface area contributed by atoms with Crippen LogP contribution in [0.3, 0.4) is 0 Å². The monoisotopic (exact) mass is 491 g/mol. The molecule has 1 aliphatic rings. The van der Waals surface area contributed by atoms with Gasteiger partial charge in [-0.15, -0.1) is 0 Å². The summed E-state index contributed by atoms with van der Waals surface area (Å²) in [5, 5.41) is 16.8. The van der Waals surface area contributed by atoms with Crippen molar-refractivity contribution in [3.8, 4) is 5.75 Å². The minimum Gasteiger partial charge on any atom is -0.497 e. The minimum atomic E-state index is -0.664. The quantitative estimate of drug-likeness (QED) is 0.439. The Hall–Kier alpha value is -4.05. The summed E-state index contributed by atoms with van der Waals surface area (Å²) >= 11 is 0. The fourth-order valence-corrected chi connectivity index (χ4v) is 4.15. The van der Waals surface area contributed by atoms with Crippen LogP contribution < -0.4 is 10.1 Å². The van der Waals surface area contributed by atoms with E-state index in [0.29, 0.717) is 47.3 Å². The topological polar surface area (TPSA) is 128 Å². The lowest BCUT2D eigenvalue weighted by Crippen LogP contribution is -2.39. The van der Waals surface area contributed by atoms with Gasteiger partial charge in [0.05, 0.1) is 25.3 Å². The molecule has 1 aromatic heterocycles. The first kappa shape index (κ1) is 25.1. The van der Waals surface area contributed by atoms with E-state index in [1.807, 2.05) is 24.3 Å². The highest BCUT2D eigenvalue weighted by Gasteiger charge is 2.39. The van der Waals surface area contributed by atoms with Gasteiger partial charge in [0, 0.05) is 24.4 Å². The molecular formula is C26H29N5O5. The molecule has 0 saturated carbocycles. The molecule has 2 unspecified atom stereocenters. The smallest absolute Gasteiger partial charge is 0.338 e. The maximum Gasteiger partial charge on any atom is 0.338 e. The molecule has 0 bridgehead atoms. The highest BCUT2D eigenvalue weighted by molar-refractivity contribution is 6.10. The Labute approximate surface area is 209 Å². The number of aromatic nitrogens is 3. The van der Waals surface area contributed by atoms with E-state index in [1.165, 1.54) is 0 Å². The van der Waals surface area contributed by atoms with Crippen LogP contribution in [0.4, 0.5) is 11.6 Å². The number of carbonyl (C=O) groups excluding carboxylic acids is 2. The number of esters is 1. The van der Waals surface area contributed by atoms with Crippen molar-refractivity contribution < 1.29 is 24.2 Å². The van der Waals surface area contributed by atoms with Gasteiger partial charge < -0.3 is 19.9 Å². The fourth-order valence-electron chi connectivity index (χ4n) is 4.15. The summed E-state index contributed by atoms with van der Waals surface area (Å²) in [4.78, 5) is 34.6. The van der Waals surface area contributed by atoms with Crippen molar-refractivity contribution in [2.75, 3.05) is 25.6 Å². The Kier molecular flexibility index (Phi) is 7.74. The molecule has 0 fully saturated rings. The van der Waals surface area contributed by atoms with Gasteiger partial charge >= 0.3 is 5.97 Å². The number of aliphatic imine (C=N–C) groups is 1. The molecular weight excluding hydrogens is 462 g/mol. The van der Waals surface area contributed by atoms with Crippen LogP contribution in [0.5, 0.6) is 5.75 Å². The highest BCUT2D eigenvalue weighted by Crippen LogP contribution is 2.37. The highest BCUT2D eigenvalue weighted by atomic mass is 16.5. The molecule has 188 valence electrons. The van der Waals surface area contributed by atoms with Crippen molar-refractivity contribution in [1.82, 2.24) is 14.8 Å². The molecule has 1 aliphatic heterocycles.